The zero-order chi connectivity index (χ0) is 13.9. The molecule has 0 saturated heterocycles. The zero-order valence-electron chi connectivity index (χ0n) is 10.7. The molecule has 0 aliphatic rings. The monoisotopic (exact) mass is 267 g/mol. The van der Waals surface area contributed by atoms with Crippen LogP contribution in [0.5, 0.6) is 0 Å². The molecule has 0 unspecified atom stereocenters. The average Bonchev–Trinajstić information content (AvgIpc) is 2.46. The Kier molecular flexibility index (Phi) is 3.22. The van der Waals surface area contributed by atoms with Gasteiger partial charge in [0.05, 0.1) is 11.0 Å². The van der Waals surface area contributed by atoms with Gasteiger partial charge in [0, 0.05) is 36.1 Å². The number of hydrogen-bond donors (Lipinski definition) is 2. The molecule has 0 fully saturated rings. The molecule has 6 heteroatoms. The van der Waals surface area contributed by atoms with E-state index in [-0.39, 0.29) is 5.56 Å². The highest BCUT2D eigenvalue weighted by Crippen LogP contribution is 2.18. The van der Waals surface area contributed by atoms with Crippen LogP contribution in [0.15, 0.2) is 41.5 Å². The molecule has 2 aromatic heterocycles. The van der Waals surface area contributed by atoms with Crippen molar-refractivity contribution in [2.45, 2.75) is 6.42 Å². The fourth-order valence-corrected chi connectivity index (χ4v) is 2.03. The van der Waals surface area contributed by atoms with Gasteiger partial charge in [-0.15, -0.1) is 0 Å². The number of rotatable bonds is 3. The Morgan fingerprint density at radius 3 is 2.70 bits per heavy atom. The highest BCUT2D eigenvalue weighted by Gasteiger charge is 2.05. The summed E-state index contributed by atoms with van der Waals surface area (Å²) in [6.07, 6.45) is 3.85. The van der Waals surface area contributed by atoms with Crippen LogP contribution in [0.25, 0.3) is 22.4 Å². The van der Waals surface area contributed by atoms with Gasteiger partial charge in [0.15, 0.2) is 0 Å². The Labute approximate surface area is 114 Å². The smallest absolute Gasteiger partial charge is 0.251 e. The van der Waals surface area contributed by atoms with Gasteiger partial charge in [-0.25, -0.2) is 4.98 Å². The summed E-state index contributed by atoms with van der Waals surface area (Å²) in [5, 5.41) is 0. The van der Waals surface area contributed by atoms with Gasteiger partial charge in [-0.2, -0.15) is 0 Å². The lowest BCUT2D eigenvalue weighted by Gasteiger charge is -2.04. The summed E-state index contributed by atoms with van der Waals surface area (Å²) in [5.74, 6) is 0.522. The quantitative estimate of drug-likeness (QED) is 0.734. The maximum atomic E-state index is 11.7. The molecule has 0 amide bonds. The van der Waals surface area contributed by atoms with Gasteiger partial charge >= 0.3 is 0 Å². The number of benzene rings is 1. The molecule has 3 N–H and O–H groups in total. The van der Waals surface area contributed by atoms with Crippen LogP contribution < -0.4 is 11.3 Å². The van der Waals surface area contributed by atoms with Crippen molar-refractivity contribution in [2.24, 2.45) is 5.73 Å². The maximum Gasteiger partial charge on any atom is 0.251 e. The normalized spacial score (nSPS) is 10.8. The fraction of sp³-hybridized carbons (Fsp3) is 0.143. The third kappa shape index (κ3) is 2.41. The van der Waals surface area contributed by atoms with Gasteiger partial charge in [-0.1, -0.05) is 0 Å². The number of nitrogens with two attached hydrogens (primary N) is 1. The van der Waals surface area contributed by atoms with Crippen molar-refractivity contribution >= 4 is 11.0 Å². The molecule has 20 heavy (non-hydrogen) atoms. The van der Waals surface area contributed by atoms with Gasteiger partial charge in [-0.05, 0) is 24.7 Å². The first-order valence-electron chi connectivity index (χ1n) is 6.28. The third-order valence-corrected chi connectivity index (χ3v) is 2.94. The van der Waals surface area contributed by atoms with Crippen LogP contribution in [0.1, 0.15) is 5.69 Å². The molecular formula is C14H13N5O. The van der Waals surface area contributed by atoms with Crippen LogP contribution in [0, 0.1) is 0 Å². The van der Waals surface area contributed by atoms with Crippen LogP contribution in [-0.4, -0.2) is 26.5 Å². The van der Waals surface area contributed by atoms with Gasteiger partial charge in [0.2, 0.25) is 0 Å². The molecule has 0 aliphatic carbocycles. The number of H-pyrrole nitrogens is 1. The van der Waals surface area contributed by atoms with Gasteiger partial charge in [0.1, 0.15) is 5.82 Å². The van der Waals surface area contributed by atoms with Crippen LogP contribution >= 0.6 is 0 Å². The molecule has 0 atom stereocenters. The minimum Gasteiger partial charge on any atom is -0.330 e. The van der Waals surface area contributed by atoms with E-state index in [4.69, 9.17) is 5.73 Å². The topological polar surface area (TPSA) is 97.6 Å². The Bertz CT molecular complexity index is 812. The molecule has 0 bridgehead atoms. The Hall–Kier alpha value is -2.60. The van der Waals surface area contributed by atoms with E-state index in [0.717, 1.165) is 16.6 Å². The second-order valence-electron chi connectivity index (χ2n) is 4.38. The summed E-state index contributed by atoms with van der Waals surface area (Å²) < 4.78 is 0. The maximum absolute atomic E-state index is 11.7. The zero-order valence-corrected chi connectivity index (χ0v) is 10.7. The van der Waals surface area contributed by atoms with E-state index < -0.39 is 0 Å². The number of nitrogens with one attached hydrogen (secondary N) is 1. The third-order valence-electron chi connectivity index (χ3n) is 2.94. The first kappa shape index (κ1) is 12.4. The predicted molar refractivity (Wildman–Crippen MR) is 76.1 cm³/mol. The van der Waals surface area contributed by atoms with Crippen LogP contribution in [0.2, 0.25) is 0 Å². The lowest BCUT2D eigenvalue weighted by molar-refractivity contribution is 0.906. The molecule has 1 aromatic carbocycles. The Morgan fingerprint density at radius 1 is 1.10 bits per heavy atom. The van der Waals surface area contributed by atoms with E-state index in [9.17, 15) is 4.79 Å². The minimum absolute atomic E-state index is 0.183. The van der Waals surface area contributed by atoms with E-state index >= 15 is 0 Å². The summed E-state index contributed by atoms with van der Waals surface area (Å²) in [5.41, 5.74) is 8.37. The second-order valence-corrected chi connectivity index (χ2v) is 4.38. The van der Waals surface area contributed by atoms with Crippen LogP contribution in [0.3, 0.4) is 0 Å². The molecule has 0 saturated carbocycles. The lowest BCUT2D eigenvalue weighted by atomic mass is 10.1. The number of aromatic amines is 1. The summed E-state index contributed by atoms with van der Waals surface area (Å²) in [6.45, 7) is 0.457. The van der Waals surface area contributed by atoms with Crippen molar-refractivity contribution < 1.29 is 0 Å². The summed E-state index contributed by atoms with van der Waals surface area (Å²) in [4.78, 5) is 27.3. The first-order valence-corrected chi connectivity index (χ1v) is 6.28. The summed E-state index contributed by atoms with van der Waals surface area (Å²) >= 11 is 0. The minimum atomic E-state index is -0.183. The number of hydrogen-bond acceptors (Lipinski definition) is 5. The van der Waals surface area contributed by atoms with Gasteiger partial charge in [-0.3, -0.25) is 14.8 Å². The molecule has 0 radical (unpaired) electrons. The van der Waals surface area contributed by atoms with Crippen molar-refractivity contribution in [1.82, 2.24) is 19.9 Å². The standard InChI is InChI=1S/C14H13N5O/c15-4-3-10-8-13(20)19-14(18-10)9-1-2-11-12(7-9)17-6-5-16-11/h1-2,5-8H,3-4,15H2,(H,18,19,20). The van der Waals surface area contributed by atoms with Crippen molar-refractivity contribution in [3.05, 3.63) is 52.7 Å². The van der Waals surface area contributed by atoms with Gasteiger partial charge < -0.3 is 10.7 Å². The van der Waals surface area contributed by atoms with E-state index in [0.29, 0.717) is 24.5 Å². The highest BCUT2D eigenvalue weighted by atomic mass is 16.1. The molecular weight excluding hydrogens is 254 g/mol. The van der Waals surface area contributed by atoms with Gasteiger partial charge in [0.25, 0.3) is 5.56 Å². The predicted octanol–water partition coefficient (Wildman–Crippen LogP) is 0.881. The molecule has 6 nitrogen and oxygen atoms in total. The van der Waals surface area contributed by atoms with Crippen LogP contribution in [-0.2, 0) is 6.42 Å². The molecule has 2 heterocycles. The summed E-state index contributed by atoms with van der Waals surface area (Å²) in [7, 11) is 0. The van der Waals surface area contributed by atoms with Crippen molar-refractivity contribution in [3.63, 3.8) is 0 Å². The lowest BCUT2D eigenvalue weighted by Crippen LogP contribution is -2.13. The molecule has 3 rings (SSSR count). The highest BCUT2D eigenvalue weighted by molar-refractivity contribution is 5.79. The second kappa shape index (κ2) is 5.18. The SMILES string of the molecule is NCCc1cc(=O)[nH]c(-c2ccc3nccnc3c2)n1. The number of aromatic nitrogens is 4. The Morgan fingerprint density at radius 2 is 1.90 bits per heavy atom. The fourth-order valence-electron chi connectivity index (χ4n) is 2.03. The summed E-state index contributed by atoms with van der Waals surface area (Å²) in [6, 6.07) is 7.04. The van der Waals surface area contributed by atoms with Crippen molar-refractivity contribution in [3.8, 4) is 11.4 Å². The van der Waals surface area contributed by atoms with Crippen molar-refractivity contribution in [1.29, 1.82) is 0 Å². The van der Waals surface area contributed by atoms with Crippen molar-refractivity contribution in [2.75, 3.05) is 6.54 Å². The largest absolute Gasteiger partial charge is 0.330 e. The number of nitrogens with zero attached hydrogens (tertiary/aromatic N) is 3. The van der Waals surface area contributed by atoms with Crippen LogP contribution in [0.4, 0.5) is 0 Å². The van der Waals surface area contributed by atoms with E-state index in [1.54, 1.807) is 12.4 Å². The Balaban J connectivity index is 2.12. The average molecular weight is 267 g/mol. The number of fused-ring (bicyclic) bond motifs is 1. The molecule has 100 valence electrons. The molecule has 0 spiro atoms. The van der Waals surface area contributed by atoms with E-state index in [1.165, 1.54) is 6.07 Å². The molecule has 0 aliphatic heterocycles. The molecule has 3 aromatic rings. The first-order chi connectivity index (χ1) is 9.76. The van der Waals surface area contributed by atoms with E-state index in [1.807, 2.05) is 18.2 Å². The van der Waals surface area contributed by atoms with E-state index in [2.05, 4.69) is 19.9 Å².